The van der Waals surface area contributed by atoms with E-state index in [4.69, 9.17) is 4.89 Å². The monoisotopic (exact) mass is 180 g/mol. The molecule has 1 rings (SSSR count). The van der Waals surface area contributed by atoms with Crippen molar-refractivity contribution < 1.29 is 23.3 Å². The van der Waals surface area contributed by atoms with E-state index in [0.717, 1.165) is 0 Å². The highest BCUT2D eigenvalue weighted by atomic mass is 31.2. The maximum atomic E-state index is 10.6. The molecule has 5 nitrogen and oxygen atoms in total. The van der Waals surface area contributed by atoms with E-state index in [2.05, 4.69) is 9.05 Å². The van der Waals surface area contributed by atoms with Crippen molar-refractivity contribution >= 4 is 14.1 Å². The van der Waals surface area contributed by atoms with E-state index in [1.807, 2.05) is 0 Å². The summed E-state index contributed by atoms with van der Waals surface area (Å²) in [4.78, 5) is 19.1. The lowest BCUT2D eigenvalue weighted by molar-refractivity contribution is -0.121. The van der Waals surface area contributed by atoms with Gasteiger partial charge in [-0.05, 0) is 6.92 Å². The second-order valence-corrected chi connectivity index (χ2v) is 4.24. The first-order valence-corrected chi connectivity index (χ1v) is 4.55. The quantitative estimate of drug-likeness (QED) is 0.465. The number of rotatable bonds is 1. The first kappa shape index (κ1) is 8.87. The van der Waals surface area contributed by atoms with Gasteiger partial charge in [-0.15, -0.1) is 0 Å². The van der Waals surface area contributed by atoms with Crippen LogP contribution in [0.4, 0.5) is 0 Å². The van der Waals surface area contributed by atoms with Crippen molar-refractivity contribution in [2.45, 2.75) is 6.92 Å². The van der Waals surface area contributed by atoms with Crippen LogP contribution in [0, 0.1) is 5.41 Å². The molecule has 0 spiro atoms. The molecule has 0 radical (unpaired) electrons. The van der Waals surface area contributed by atoms with E-state index in [9.17, 15) is 9.36 Å². The predicted molar refractivity (Wildman–Crippen MR) is 35.9 cm³/mol. The smallest absolute Gasteiger partial charge is 0.303 e. The second-order valence-electron chi connectivity index (χ2n) is 2.79. The maximum absolute atomic E-state index is 10.6. The number of hydrogen-bond acceptors (Lipinski definition) is 4. The maximum Gasteiger partial charge on any atom is 0.472 e. The minimum atomic E-state index is -3.84. The van der Waals surface area contributed by atoms with E-state index in [-0.39, 0.29) is 13.2 Å². The molecule has 1 fully saturated rings. The van der Waals surface area contributed by atoms with Crippen molar-refractivity contribution in [2.24, 2.45) is 5.41 Å². The molecule has 0 aliphatic carbocycles. The summed E-state index contributed by atoms with van der Waals surface area (Å²) in [5.74, 6) is 0. The fourth-order valence-electron chi connectivity index (χ4n) is 0.605. The molecule has 11 heavy (non-hydrogen) atoms. The van der Waals surface area contributed by atoms with Gasteiger partial charge in [0, 0.05) is 0 Å². The Morgan fingerprint density at radius 1 is 1.55 bits per heavy atom. The first-order chi connectivity index (χ1) is 4.97. The summed E-state index contributed by atoms with van der Waals surface area (Å²) in [6.45, 7) is 1.47. The number of aldehydes is 1. The van der Waals surface area contributed by atoms with E-state index >= 15 is 0 Å². The lowest BCUT2D eigenvalue weighted by Gasteiger charge is -2.29. The summed E-state index contributed by atoms with van der Waals surface area (Å²) in [6.07, 6.45) is 0.659. The van der Waals surface area contributed by atoms with E-state index in [1.165, 1.54) is 0 Å². The van der Waals surface area contributed by atoms with Crippen LogP contribution in [0.2, 0.25) is 0 Å². The largest absolute Gasteiger partial charge is 0.472 e. The second kappa shape index (κ2) is 2.68. The molecule has 0 aromatic rings. The van der Waals surface area contributed by atoms with Crippen molar-refractivity contribution in [3.63, 3.8) is 0 Å². The predicted octanol–water partition coefficient (Wildman–Crippen LogP) is 0.339. The van der Waals surface area contributed by atoms with Gasteiger partial charge in [-0.2, -0.15) is 0 Å². The molecule has 64 valence electrons. The molecule has 1 saturated heterocycles. The van der Waals surface area contributed by atoms with E-state index in [1.54, 1.807) is 6.92 Å². The van der Waals surface area contributed by atoms with Crippen molar-refractivity contribution in [3.05, 3.63) is 0 Å². The van der Waals surface area contributed by atoms with Crippen LogP contribution < -0.4 is 0 Å². The van der Waals surface area contributed by atoms with Gasteiger partial charge in [-0.3, -0.25) is 9.05 Å². The van der Waals surface area contributed by atoms with Crippen LogP contribution in [0.25, 0.3) is 0 Å². The minimum absolute atomic E-state index is 0.0652. The van der Waals surface area contributed by atoms with Crippen LogP contribution in [0.1, 0.15) is 6.92 Å². The Hall–Kier alpha value is -0.220. The molecule has 0 saturated carbocycles. The normalized spacial score (nSPS) is 45.3. The number of phosphoric ester groups is 1. The summed E-state index contributed by atoms with van der Waals surface area (Å²) >= 11 is 0. The van der Waals surface area contributed by atoms with Gasteiger partial charge >= 0.3 is 7.82 Å². The fraction of sp³-hybridized carbons (Fsp3) is 0.800. The highest BCUT2D eigenvalue weighted by molar-refractivity contribution is 7.47. The Bertz CT molecular complexity index is 201. The molecule has 1 heterocycles. The zero-order chi connectivity index (χ0) is 8.54. The Morgan fingerprint density at radius 3 is 2.36 bits per heavy atom. The molecule has 1 aliphatic heterocycles. The van der Waals surface area contributed by atoms with Crippen LogP contribution in [-0.2, 0) is 18.4 Å². The lowest BCUT2D eigenvalue weighted by Crippen LogP contribution is -2.33. The van der Waals surface area contributed by atoms with Crippen LogP contribution in [-0.4, -0.2) is 24.4 Å². The van der Waals surface area contributed by atoms with Crippen molar-refractivity contribution in [1.82, 2.24) is 0 Å². The van der Waals surface area contributed by atoms with Crippen molar-refractivity contribution in [1.29, 1.82) is 0 Å². The molecule has 0 aromatic heterocycles. The lowest BCUT2D eigenvalue weighted by atomic mass is 9.96. The topological polar surface area (TPSA) is 72.8 Å². The van der Waals surface area contributed by atoms with Gasteiger partial charge in [0.15, 0.2) is 0 Å². The Morgan fingerprint density at radius 2 is 2.00 bits per heavy atom. The van der Waals surface area contributed by atoms with Gasteiger partial charge in [0.05, 0.1) is 18.6 Å². The van der Waals surface area contributed by atoms with Gasteiger partial charge in [0.1, 0.15) is 6.29 Å². The third-order valence-electron chi connectivity index (χ3n) is 1.40. The third-order valence-corrected chi connectivity index (χ3v) is 2.31. The minimum Gasteiger partial charge on any atom is -0.303 e. The Labute approximate surface area is 63.9 Å². The zero-order valence-corrected chi connectivity index (χ0v) is 6.91. The number of carbonyl (C=O) groups excluding carboxylic acids is 1. The summed E-state index contributed by atoms with van der Waals surface area (Å²) < 4.78 is 19.5. The highest BCUT2D eigenvalue weighted by Gasteiger charge is 2.38. The van der Waals surface area contributed by atoms with Gasteiger partial charge in [0.2, 0.25) is 0 Å². The summed E-state index contributed by atoms with van der Waals surface area (Å²) in [5.41, 5.74) is -0.781. The number of phosphoric acid groups is 1. The van der Waals surface area contributed by atoms with Gasteiger partial charge < -0.3 is 9.69 Å². The number of hydrogen-bond donors (Lipinski definition) is 1. The first-order valence-electron chi connectivity index (χ1n) is 3.06. The highest BCUT2D eigenvalue weighted by Crippen LogP contribution is 2.49. The molecule has 1 N–H and O–H groups in total. The summed E-state index contributed by atoms with van der Waals surface area (Å²) in [7, 11) is -3.84. The molecular formula is C5H9O5P. The van der Waals surface area contributed by atoms with Gasteiger partial charge in [-0.1, -0.05) is 0 Å². The third kappa shape index (κ3) is 2.10. The zero-order valence-electron chi connectivity index (χ0n) is 6.02. The van der Waals surface area contributed by atoms with Crippen LogP contribution in [0.3, 0.4) is 0 Å². The molecular weight excluding hydrogens is 171 g/mol. The molecule has 1 aliphatic rings. The fourth-order valence-corrected chi connectivity index (χ4v) is 1.60. The van der Waals surface area contributed by atoms with Crippen LogP contribution in [0.5, 0.6) is 0 Å². The van der Waals surface area contributed by atoms with E-state index < -0.39 is 13.2 Å². The molecule has 6 heteroatoms. The molecule has 0 aromatic carbocycles. The average Bonchev–Trinajstić information content (AvgIpc) is 1.97. The van der Waals surface area contributed by atoms with Crippen molar-refractivity contribution in [2.75, 3.05) is 13.2 Å². The molecule has 0 atom stereocenters. The van der Waals surface area contributed by atoms with Crippen LogP contribution in [0.15, 0.2) is 0 Å². The molecule has 0 amide bonds. The summed E-state index contributed by atoms with van der Waals surface area (Å²) in [5, 5.41) is 0. The van der Waals surface area contributed by atoms with Crippen molar-refractivity contribution in [3.8, 4) is 0 Å². The van der Waals surface area contributed by atoms with Gasteiger partial charge in [0.25, 0.3) is 0 Å². The Balaban J connectivity index is 2.61. The Kier molecular flexibility index (Phi) is 2.16. The average molecular weight is 180 g/mol. The SMILES string of the molecule is CC1(C=O)COP(=O)(O)OC1. The van der Waals surface area contributed by atoms with E-state index in [0.29, 0.717) is 6.29 Å². The van der Waals surface area contributed by atoms with Crippen LogP contribution >= 0.6 is 7.82 Å². The standard InChI is InChI=1S/C5H9O5P/c1-5(2-6)3-9-11(7,8)10-4-5/h2H,3-4H2,1H3,(H,7,8). The molecule has 0 bridgehead atoms. The van der Waals surface area contributed by atoms with Gasteiger partial charge in [-0.25, -0.2) is 4.57 Å². The number of carbonyl (C=O) groups is 1. The summed E-state index contributed by atoms with van der Waals surface area (Å²) in [6, 6.07) is 0. The molecule has 0 unspecified atom stereocenters.